The van der Waals surface area contributed by atoms with Crippen LogP contribution in [0.3, 0.4) is 0 Å². The Hall–Kier alpha value is -0.610. The molecule has 1 rings (SSSR count). The number of likely N-dealkylation sites (N-methyl/N-ethyl adjacent to an activating group) is 1. The molecule has 0 aromatic rings. The first-order valence-corrected chi connectivity index (χ1v) is 6.29. The minimum absolute atomic E-state index is 0.0686. The van der Waals surface area contributed by atoms with Gasteiger partial charge in [-0.3, -0.25) is 4.79 Å². The van der Waals surface area contributed by atoms with Crippen molar-refractivity contribution in [2.75, 3.05) is 33.4 Å². The van der Waals surface area contributed by atoms with E-state index in [9.17, 15) is 4.79 Å². The maximum atomic E-state index is 11.4. The number of nitrogens with one attached hydrogen (secondary N) is 1. The maximum Gasteiger partial charge on any atom is 0.248 e. The van der Waals surface area contributed by atoms with Gasteiger partial charge in [-0.05, 0) is 32.7 Å². The van der Waals surface area contributed by atoms with Crippen molar-refractivity contribution in [1.82, 2.24) is 10.2 Å². The van der Waals surface area contributed by atoms with Gasteiger partial charge < -0.3 is 15.0 Å². The molecule has 4 heteroatoms. The Bertz CT molecular complexity index is 203. The SMILES string of the molecule is CCN(C)C(=O)COCCC1CCCCN1. The molecular weight excluding hydrogens is 204 g/mol. The normalized spacial score (nSPS) is 20.8. The summed E-state index contributed by atoms with van der Waals surface area (Å²) >= 11 is 0. The molecule has 1 saturated heterocycles. The summed E-state index contributed by atoms with van der Waals surface area (Å²) in [7, 11) is 1.80. The highest BCUT2D eigenvalue weighted by atomic mass is 16.5. The fourth-order valence-corrected chi connectivity index (χ4v) is 1.84. The molecular formula is C12H24N2O2. The van der Waals surface area contributed by atoms with Crippen LogP contribution in [0.5, 0.6) is 0 Å². The number of nitrogens with zero attached hydrogens (tertiary/aromatic N) is 1. The third kappa shape index (κ3) is 4.94. The van der Waals surface area contributed by atoms with Crippen LogP contribution in [0.25, 0.3) is 0 Å². The van der Waals surface area contributed by atoms with Crippen LogP contribution in [-0.2, 0) is 9.53 Å². The summed E-state index contributed by atoms with van der Waals surface area (Å²) in [5.74, 6) is 0.0686. The second-order valence-electron chi connectivity index (χ2n) is 4.40. The summed E-state index contributed by atoms with van der Waals surface area (Å²) in [6.07, 6.45) is 4.86. The van der Waals surface area contributed by atoms with Crippen molar-refractivity contribution in [2.24, 2.45) is 0 Å². The molecule has 1 unspecified atom stereocenters. The lowest BCUT2D eigenvalue weighted by molar-refractivity contribution is -0.134. The van der Waals surface area contributed by atoms with Gasteiger partial charge in [0.25, 0.3) is 0 Å². The summed E-state index contributed by atoms with van der Waals surface area (Å²) in [6.45, 7) is 4.73. The van der Waals surface area contributed by atoms with Crippen molar-refractivity contribution in [3.05, 3.63) is 0 Å². The molecule has 1 heterocycles. The van der Waals surface area contributed by atoms with E-state index in [2.05, 4.69) is 5.32 Å². The summed E-state index contributed by atoms with van der Waals surface area (Å²) in [5.41, 5.74) is 0. The largest absolute Gasteiger partial charge is 0.372 e. The van der Waals surface area contributed by atoms with E-state index in [0.717, 1.165) is 19.5 Å². The van der Waals surface area contributed by atoms with Crippen LogP contribution in [0.4, 0.5) is 0 Å². The molecule has 1 atom stereocenters. The van der Waals surface area contributed by atoms with Crippen LogP contribution in [-0.4, -0.2) is 50.2 Å². The average molecular weight is 228 g/mol. The Morgan fingerprint density at radius 2 is 2.31 bits per heavy atom. The molecule has 1 N–H and O–H groups in total. The number of hydrogen-bond donors (Lipinski definition) is 1. The average Bonchev–Trinajstić information content (AvgIpc) is 2.34. The van der Waals surface area contributed by atoms with Crippen LogP contribution in [0.2, 0.25) is 0 Å². The second kappa shape index (κ2) is 7.63. The smallest absolute Gasteiger partial charge is 0.248 e. The first kappa shape index (κ1) is 13.5. The summed E-state index contributed by atoms with van der Waals surface area (Å²) in [4.78, 5) is 13.1. The zero-order chi connectivity index (χ0) is 11.8. The molecule has 16 heavy (non-hydrogen) atoms. The standard InChI is InChI=1S/C12H24N2O2/c1-3-14(2)12(15)10-16-9-7-11-6-4-5-8-13-11/h11,13H,3-10H2,1-2H3. The van der Waals surface area contributed by atoms with Gasteiger partial charge in [-0.25, -0.2) is 0 Å². The third-order valence-corrected chi connectivity index (χ3v) is 3.15. The second-order valence-corrected chi connectivity index (χ2v) is 4.40. The quantitative estimate of drug-likeness (QED) is 0.690. The van der Waals surface area contributed by atoms with Gasteiger partial charge in [0.2, 0.25) is 5.91 Å². The fraction of sp³-hybridized carbons (Fsp3) is 0.917. The molecule has 0 bridgehead atoms. The Labute approximate surface area is 98.3 Å². The van der Waals surface area contributed by atoms with Crippen molar-refractivity contribution in [3.63, 3.8) is 0 Å². The molecule has 4 nitrogen and oxygen atoms in total. The zero-order valence-electron chi connectivity index (χ0n) is 10.5. The topological polar surface area (TPSA) is 41.6 Å². The lowest BCUT2D eigenvalue weighted by Crippen LogP contribution is -2.35. The number of rotatable bonds is 6. The number of piperidine rings is 1. The Kier molecular flexibility index (Phi) is 6.42. The van der Waals surface area contributed by atoms with Crippen LogP contribution in [0, 0.1) is 0 Å². The fourth-order valence-electron chi connectivity index (χ4n) is 1.84. The molecule has 0 saturated carbocycles. The molecule has 1 amide bonds. The van der Waals surface area contributed by atoms with Gasteiger partial charge in [0.1, 0.15) is 6.61 Å². The van der Waals surface area contributed by atoms with E-state index < -0.39 is 0 Å². The minimum Gasteiger partial charge on any atom is -0.372 e. The highest BCUT2D eigenvalue weighted by Crippen LogP contribution is 2.09. The number of carbonyl (C=O) groups excluding carboxylic acids is 1. The van der Waals surface area contributed by atoms with Gasteiger partial charge in [0, 0.05) is 26.2 Å². The molecule has 0 aromatic heterocycles. The summed E-state index contributed by atoms with van der Waals surface area (Å²) in [6, 6.07) is 0.591. The highest BCUT2D eigenvalue weighted by Gasteiger charge is 2.12. The van der Waals surface area contributed by atoms with Gasteiger partial charge in [-0.2, -0.15) is 0 Å². The van der Waals surface area contributed by atoms with Crippen molar-refractivity contribution in [3.8, 4) is 0 Å². The number of hydrogen-bond acceptors (Lipinski definition) is 3. The van der Waals surface area contributed by atoms with E-state index >= 15 is 0 Å². The monoisotopic (exact) mass is 228 g/mol. The van der Waals surface area contributed by atoms with Gasteiger partial charge in [-0.1, -0.05) is 6.42 Å². The van der Waals surface area contributed by atoms with Crippen LogP contribution < -0.4 is 5.32 Å². The molecule has 1 aliphatic rings. The highest BCUT2D eigenvalue weighted by molar-refractivity contribution is 5.77. The first-order valence-electron chi connectivity index (χ1n) is 6.29. The Balaban J connectivity index is 2.00. The Morgan fingerprint density at radius 3 is 2.94 bits per heavy atom. The van der Waals surface area contributed by atoms with E-state index in [-0.39, 0.29) is 12.5 Å². The van der Waals surface area contributed by atoms with Crippen molar-refractivity contribution in [1.29, 1.82) is 0 Å². The third-order valence-electron chi connectivity index (χ3n) is 3.15. The summed E-state index contributed by atoms with van der Waals surface area (Å²) < 4.78 is 5.39. The summed E-state index contributed by atoms with van der Waals surface area (Å²) in [5, 5.41) is 3.47. The zero-order valence-corrected chi connectivity index (χ0v) is 10.5. The molecule has 0 radical (unpaired) electrons. The molecule has 94 valence electrons. The van der Waals surface area contributed by atoms with Gasteiger partial charge >= 0.3 is 0 Å². The molecule has 1 fully saturated rings. The predicted octanol–water partition coefficient (Wildman–Crippen LogP) is 1.01. The van der Waals surface area contributed by atoms with Gasteiger partial charge in [-0.15, -0.1) is 0 Å². The van der Waals surface area contributed by atoms with E-state index in [4.69, 9.17) is 4.74 Å². The van der Waals surface area contributed by atoms with Gasteiger partial charge in [0.15, 0.2) is 0 Å². The van der Waals surface area contributed by atoms with Crippen LogP contribution in [0.1, 0.15) is 32.6 Å². The minimum atomic E-state index is 0.0686. The molecule has 1 aliphatic heterocycles. The number of amides is 1. The van der Waals surface area contributed by atoms with E-state index in [1.807, 2.05) is 6.92 Å². The molecule has 0 aromatic carbocycles. The molecule has 0 spiro atoms. The van der Waals surface area contributed by atoms with Crippen LogP contribution in [0.15, 0.2) is 0 Å². The lowest BCUT2D eigenvalue weighted by Gasteiger charge is -2.23. The number of carbonyl (C=O) groups is 1. The van der Waals surface area contributed by atoms with Crippen LogP contribution >= 0.6 is 0 Å². The van der Waals surface area contributed by atoms with Crippen molar-refractivity contribution < 1.29 is 9.53 Å². The lowest BCUT2D eigenvalue weighted by atomic mass is 10.0. The van der Waals surface area contributed by atoms with E-state index in [1.54, 1.807) is 11.9 Å². The number of ether oxygens (including phenoxy) is 1. The van der Waals surface area contributed by atoms with E-state index in [0.29, 0.717) is 12.6 Å². The first-order chi connectivity index (χ1) is 7.74. The predicted molar refractivity (Wildman–Crippen MR) is 64.4 cm³/mol. The van der Waals surface area contributed by atoms with Gasteiger partial charge in [0.05, 0.1) is 0 Å². The van der Waals surface area contributed by atoms with E-state index in [1.165, 1.54) is 19.3 Å². The maximum absolute atomic E-state index is 11.4. The molecule has 0 aliphatic carbocycles. The van der Waals surface area contributed by atoms with Crippen molar-refractivity contribution >= 4 is 5.91 Å². The van der Waals surface area contributed by atoms with Crippen molar-refractivity contribution in [2.45, 2.75) is 38.6 Å². The Morgan fingerprint density at radius 1 is 1.50 bits per heavy atom.